The van der Waals surface area contributed by atoms with Gasteiger partial charge in [0.05, 0.1) is 17.0 Å². The van der Waals surface area contributed by atoms with Crippen molar-refractivity contribution >= 4 is 46.2 Å². The Hall–Kier alpha value is -4.84. The van der Waals surface area contributed by atoms with Gasteiger partial charge >= 0.3 is 0 Å². The molecule has 42 heavy (non-hydrogen) atoms. The van der Waals surface area contributed by atoms with Crippen LogP contribution in [0.15, 0.2) is 101 Å². The molecular weight excluding hydrogens is 547 g/mol. The summed E-state index contributed by atoms with van der Waals surface area (Å²) in [6.45, 7) is 0.822. The molecule has 0 aromatic heterocycles. The second kappa shape index (κ2) is 12.8. The van der Waals surface area contributed by atoms with Crippen molar-refractivity contribution in [3.63, 3.8) is 0 Å². The van der Waals surface area contributed by atoms with E-state index in [0.717, 1.165) is 27.6 Å². The third-order valence-corrected chi connectivity index (χ3v) is 7.54. The van der Waals surface area contributed by atoms with E-state index in [2.05, 4.69) is 44.8 Å². The van der Waals surface area contributed by atoms with Gasteiger partial charge in [-0.2, -0.15) is 0 Å². The molecular formula is C34H29FN4O2S. The maximum atomic E-state index is 13.6. The van der Waals surface area contributed by atoms with Crippen molar-refractivity contribution in [2.75, 3.05) is 31.8 Å². The van der Waals surface area contributed by atoms with Crippen molar-refractivity contribution < 1.29 is 14.0 Å². The van der Waals surface area contributed by atoms with Gasteiger partial charge in [-0.15, -0.1) is 0 Å². The Morgan fingerprint density at radius 1 is 0.976 bits per heavy atom. The molecule has 4 aromatic carbocycles. The maximum Gasteiger partial charge on any atom is 0.295 e. The quantitative estimate of drug-likeness (QED) is 0.184. The van der Waals surface area contributed by atoms with E-state index in [1.54, 1.807) is 18.2 Å². The zero-order chi connectivity index (χ0) is 29.6. The minimum atomic E-state index is -0.426. The highest BCUT2D eigenvalue weighted by Gasteiger charge is 2.30. The number of halogens is 1. The van der Waals surface area contributed by atoms with Gasteiger partial charge in [-0.05, 0) is 73.8 Å². The van der Waals surface area contributed by atoms with E-state index >= 15 is 0 Å². The van der Waals surface area contributed by atoms with Gasteiger partial charge in [0.1, 0.15) is 5.82 Å². The van der Waals surface area contributed by atoms with E-state index in [4.69, 9.17) is 0 Å². The lowest BCUT2D eigenvalue weighted by Gasteiger charge is -2.16. The van der Waals surface area contributed by atoms with E-state index < -0.39 is 5.91 Å². The molecule has 0 unspecified atom stereocenters. The average Bonchev–Trinajstić information content (AvgIpc) is 3.30. The van der Waals surface area contributed by atoms with E-state index in [1.165, 1.54) is 36.5 Å². The summed E-state index contributed by atoms with van der Waals surface area (Å²) in [6.07, 6.45) is 0. The van der Waals surface area contributed by atoms with Gasteiger partial charge in [0, 0.05) is 46.1 Å². The topological polar surface area (TPSA) is 73.5 Å². The van der Waals surface area contributed by atoms with Crippen LogP contribution in [0.1, 0.15) is 22.3 Å². The summed E-state index contributed by atoms with van der Waals surface area (Å²) in [4.78, 5) is 29.1. The second-order valence-corrected chi connectivity index (χ2v) is 11.0. The summed E-state index contributed by atoms with van der Waals surface area (Å²) >= 11 is 1.38. The van der Waals surface area contributed by atoms with Crippen molar-refractivity contribution in [3.05, 3.63) is 119 Å². The summed E-state index contributed by atoms with van der Waals surface area (Å²) in [7, 11) is 5.57. The Morgan fingerprint density at radius 3 is 2.36 bits per heavy atom. The van der Waals surface area contributed by atoms with Gasteiger partial charge in [-0.1, -0.05) is 60.1 Å². The van der Waals surface area contributed by atoms with Crippen LogP contribution in [0.4, 0.5) is 15.8 Å². The minimum absolute atomic E-state index is 0.255. The Kier molecular flexibility index (Phi) is 8.72. The predicted molar refractivity (Wildman–Crippen MR) is 167 cm³/mol. The fourth-order valence-electron chi connectivity index (χ4n) is 4.53. The Balaban J connectivity index is 1.64. The van der Waals surface area contributed by atoms with Crippen LogP contribution in [-0.4, -0.2) is 37.9 Å². The molecule has 0 atom stereocenters. The molecule has 0 spiro atoms. The number of anilines is 2. The van der Waals surface area contributed by atoms with E-state index in [1.807, 2.05) is 62.6 Å². The smallest absolute Gasteiger partial charge is 0.295 e. The molecule has 5 rings (SSSR count). The van der Waals surface area contributed by atoms with E-state index in [0.29, 0.717) is 28.1 Å². The highest BCUT2D eigenvalue weighted by Crippen LogP contribution is 2.42. The SMILES string of the molecule is CNC(=O)C#Cc1cc2c(cc1Sc1ccc(F)cc1)/C(=C(/Nc1ccc(CN(C)C)cc1)c1ccccc1)C(=O)N2. The van der Waals surface area contributed by atoms with Crippen LogP contribution in [0, 0.1) is 17.7 Å². The van der Waals surface area contributed by atoms with Crippen LogP contribution < -0.4 is 16.0 Å². The number of hydrogen-bond acceptors (Lipinski definition) is 5. The first kappa shape index (κ1) is 28.7. The van der Waals surface area contributed by atoms with E-state index in [9.17, 15) is 14.0 Å². The summed E-state index contributed by atoms with van der Waals surface area (Å²) in [6, 6.07) is 27.7. The molecule has 1 aliphatic heterocycles. The number of nitrogens with zero attached hydrogens (tertiary/aromatic N) is 1. The van der Waals surface area contributed by atoms with Crippen molar-refractivity contribution in [3.8, 4) is 11.8 Å². The maximum absolute atomic E-state index is 13.6. The first-order chi connectivity index (χ1) is 20.3. The van der Waals surface area contributed by atoms with Crippen molar-refractivity contribution in [1.82, 2.24) is 10.2 Å². The lowest BCUT2D eigenvalue weighted by atomic mass is 9.99. The van der Waals surface area contributed by atoms with Gasteiger partial charge < -0.3 is 20.9 Å². The number of amides is 2. The number of hydrogen-bond donors (Lipinski definition) is 3. The first-order valence-corrected chi connectivity index (χ1v) is 14.1. The summed E-state index contributed by atoms with van der Waals surface area (Å²) in [5.41, 5.74) is 5.88. The summed E-state index contributed by atoms with van der Waals surface area (Å²) in [5.74, 6) is 4.50. The molecule has 1 aliphatic rings. The monoisotopic (exact) mass is 576 g/mol. The van der Waals surface area contributed by atoms with Crippen LogP contribution in [0.2, 0.25) is 0 Å². The normalized spacial score (nSPS) is 13.1. The molecule has 0 radical (unpaired) electrons. The van der Waals surface area contributed by atoms with Gasteiger partial charge in [0.2, 0.25) is 0 Å². The molecule has 3 N–H and O–H groups in total. The molecule has 0 saturated carbocycles. The average molecular weight is 577 g/mol. The Bertz CT molecular complexity index is 1720. The number of rotatable bonds is 7. The van der Waals surface area contributed by atoms with Gasteiger partial charge in [-0.3, -0.25) is 9.59 Å². The number of nitrogens with one attached hydrogen (secondary N) is 3. The second-order valence-electron chi connectivity index (χ2n) is 9.91. The molecule has 4 aromatic rings. The summed E-state index contributed by atoms with van der Waals surface area (Å²) in [5, 5.41) is 8.98. The highest BCUT2D eigenvalue weighted by atomic mass is 32.2. The van der Waals surface area contributed by atoms with Crippen LogP contribution >= 0.6 is 11.8 Å². The Morgan fingerprint density at radius 2 is 1.69 bits per heavy atom. The summed E-state index contributed by atoms with van der Waals surface area (Å²) < 4.78 is 13.6. The van der Waals surface area contributed by atoms with Crippen LogP contribution in [-0.2, 0) is 16.1 Å². The third kappa shape index (κ3) is 6.72. The lowest BCUT2D eigenvalue weighted by molar-refractivity contribution is -0.115. The standard InChI is InChI=1S/C34H29FN4O2S/c1-36-31(40)18-11-24-19-29-28(20-30(24)42-27-16-12-25(35)13-17-27)32(34(41)38-29)33(23-7-5-4-6-8-23)37-26-14-9-22(10-15-26)21-39(2)3/h4-10,12-17,19-20,37H,21H2,1-3H3,(H,36,40)(H,38,41)/b33-32-. The highest BCUT2D eigenvalue weighted by molar-refractivity contribution is 7.99. The molecule has 0 saturated heterocycles. The molecule has 0 bridgehead atoms. The third-order valence-electron chi connectivity index (χ3n) is 6.48. The molecule has 210 valence electrons. The molecule has 0 aliphatic carbocycles. The van der Waals surface area contributed by atoms with Crippen molar-refractivity contribution in [1.29, 1.82) is 0 Å². The van der Waals surface area contributed by atoms with E-state index in [-0.39, 0.29) is 11.7 Å². The largest absolute Gasteiger partial charge is 0.354 e. The fraction of sp³-hybridized carbons (Fsp3) is 0.118. The van der Waals surface area contributed by atoms with Crippen LogP contribution in [0.25, 0.3) is 11.3 Å². The zero-order valence-corrected chi connectivity index (χ0v) is 24.2. The number of benzene rings is 4. The fourth-order valence-corrected chi connectivity index (χ4v) is 5.45. The van der Waals surface area contributed by atoms with Crippen LogP contribution in [0.3, 0.4) is 0 Å². The van der Waals surface area contributed by atoms with Crippen LogP contribution in [0.5, 0.6) is 0 Å². The van der Waals surface area contributed by atoms with Crippen molar-refractivity contribution in [2.24, 2.45) is 0 Å². The first-order valence-electron chi connectivity index (χ1n) is 13.3. The van der Waals surface area contributed by atoms with Crippen molar-refractivity contribution in [2.45, 2.75) is 16.3 Å². The Labute approximate surface area is 249 Å². The molecule has 8 heteroatoms. The minimum Gasteiger partial charge on any atom is -0.354 e. The predicted octanol–water partition coefficient (Wildman–Crippen LogP) is 6.07. The molecule has 0 fully saturated rings. The van der Waals surface area contributed by atoms with Gasteiger partial charge in [0.25, 0.3) is 11.8 Å². The number of fused-ring (bicyclic) bond motifs is 1. The molecule has 6 nitrogen and oxygen atoms in total. The molecule has 2 amide bonds. The number of carbonyl (C=O) groups is 2. The molecule has 1 heterocycles. The van der Waals surface area contributed by atoms with Gasteiger partial charge in [-0.25, -0.2) is 4.39 Å². The zero-order valence-electron chi connectivity index (χ0n) is 23.4. The van der Waals surface area contributed by atoms with Gasteiger partial charge in [0.15, 0.2) is 0 Å². The number of carbonyl (C=O) groups excluding carboxylic acids is 2. The lowest BCUT2D eigenvalue weighted by Crippen LogP contribution is -2.14.